The fraction of sp³-hybridized carbons (Fsp3) is 0.400. The zero-order valence-corrected chi connectivity index (χ0v) is 10.0. The van der Waals surface area contributed by atoms with Crippen LogP contribution in [0.15, 0.2) is 24.3 Å². The van der Waals surface area contributed by atoms with Gasteiger partial charge in [-0.2, -0.15) is 0 Å². The molecule has 1 unspecified atom stereocenters. The molecular weight excluding hydrogens is 212 g/mol. The Morgan fingerprint density at radius 2 is 2.29 bits per heavy atom. The van der Waals surface area contributed by atoms with Crippen molar-refractivity contribution < 1.29 is 9.53 Å². The molecule has 1 heterocycles. The number of hydrogen-bond donors (Lipinski definition) is 0. The molecule has 0 saturated heterocycles. The molecule has 88 valence electrons. The van der Waals surface area contributed by atoms with E-state index < -0.39 is 0 Å². The normalized spacial score (nSPS) is 17.4. The lowest BCUT2D eigenvalue weighted by Gasteiger charge is -2.24. The van der Waals surface area contributed by atoms with Gasteiger partial charge in [0, 0.05) is 24.3 Å². The number of rotatable bonds is 3. The van der Waals surface area contributed by atoms with Crippen LogP contribution in [0.5, 0.6) is 5.75 Å². The van der Waals surface area contributed by atoms with Crippen molar-refractivity contribution in [2.45, 2.75) is 32.1 Å². The Morgan fingerprint density at radius 1 is 1.47 bits per heavy atom. The molecule has 2 nitrogen and oxygen atoms in total. The Bertz CT molecular complexity index is 465. The van der Waals surface area contributed by atoms with E-state index >= 15 is 0 Å². The highest BCUT2D eigenvalue weighted by Gasteiger charge is 2.26. The summed E-state index contributed by atoms with van der Waals surface area (Å²) in [6.45, 7) is 2.43. The highest BCUT2D eigenvalue weighted by atomic mass is 16.5. The van der Waals surface area contributed by atoms with Gasteiger partial charge in [-0.05, 0) is 19.4 Å². The number of carbonyl (C=O) groups excluding carboxylic acids is 1. The third kappa shape index (κ3) is 2.68. The third-order valence-corrected chi connectivity index (χ3v) is 3.02. The molecule has 0 spiro atoms. The Hall–Kier alpha value is -1.75. The van der Waals surface area contributed by atoms with E-state index in [4.69, 9.17) is 4.74 Å². The summed E-state index contributed by atoms with van der Waals surface area (Å²) in [5.41, 5.74) is 1.04. The number of hydrogen-bond acceptors (Lipinski definition) is 2. The second-order valence-corrected chi connectivity index (χ2v) is 4.12. The van der Waals surface area contributed by atoms with E-state index in [-0.39, 0.29) is 11.7 Å². The SMILES string of the molecule is CC#CCCC(=O)C1CCOc2ccccc21. The first-order valence-corrected chi connectivity index (χ1v) is 5.97. The van der Waals surface area contributed by atoms with Crippen LogP contribution < -0.4 is 4.74 Å². The number of ketones is 1. The van der Waals surface area contributed by atoms with Gasteiger partial charge in [-0.3, -0.25) is 4.79 Å². The van der Waals surface area contributed by atoms with Gasteiger partial charge >= 0.3 is 0 Å². The number of fused-ring (bicyclic) bond motifs is 1. The Balaban J connectivity index is 2.11. The second kappa shape index (κ2) is 5.54. The lowest BCUT2D eigenvalue weighted by Crippen LogP contribution is -2.21. The molecule has 0 fully saturated rings. The lowest BCUT2D eigenvalue weighted by atomic mass is 9.87. The second-order valence-electron chi connectivity index (χ2n) is 4.12. The molecule has 1 atom stereocenters. The van der Waals surface area contributed by atoms with Gasteiger partial charge in [-0.25, -0.2) is 0 Å². The van der Waals surface area contributed by atoms with Gasteiger partial charge < -0.3 is 4.74 Å². The van der Waals surface area contributed by atoms with Crippen molar-refractivity contribution in [3.63, 3.8) is 0 Å². The van der Waals surface area contributed by atoms with Crippen molar-refractivity contribution in [3.05, 3.63) is 29.8 Å². The van der Waals surface area contributed by atoms with Gasteiger partial charge in [0.25, 0.3) is 0 Å². The molecular formula is C15H16O2. The highest BCUT2D eigenvalue weighted by molar-refractivity contribution is 5.86. The highest BCUT2D eigenvalue weighted by Crippen LogP contribution is 2.34. The van der Waals surface area contributed by atoms with Crippen LogP contribution >= 0.6 is 0 Å². The number of para-hydroxylation sites is 1. The van der Waals surface area contributed by atoms with Crippen LogP contribution in [-0.4, -0.2) is 12.4 Å². The minimum atomic E-state index is -0.00129. The van der Waals surface area contributed by atoms with Gasteiger partial charge in [0.1, 0.15) is 11.5 Å². The Labute approximate surface area is 102 Å². The molecule has 1 aliphatic heterocycles. The molecule has 0 aromatic heterocycles. The molecule has 0 amide bonds. The largest absolute Gasteiger partial charge is 0.493 e. The average molecular weight is 228 g/mol. The maximum Gasteiger partial charge on any atom is 0.141 e. The summed E-state index contributed by atoms with van der Waals surface area (Å²) in [7, 11) is 0. The van der Waals surface area contributed by atoms with Gasteiger partial charge in [0.05, 0.1) is 6.61 Å². The minimum Gasteiger partial charge on any atom is -0.493 e. The van der Waals surface area contributed by atoms with Gasteiger partial charge in [-0.15, -0.1) is 11.8 Å². The minimum absolute atomic E-state index is 0.00129. The lowest BCUT2D eigenvalue weighted by molar-refractivity contribution is -0.121. The molecule has 0 aliphatic carbocycles. The molecule has 0 N–H and O–H groups in total. The Morgan fingerprint density at radius 3 is 3.12 bits per heavy atom. The van der Waals surface area contributed by atoms with Crippen LogP contribution in [0.4, 0.5) is 0 Å². The molecule has 0 radical (unpaired) electrons. The molecule has 17 heavy (non-hydrogen) atoms. The summed E-state index contributed by atoms with van der Waals surface area (Å²) in [6.07, 6.45) is 1.99. The standard InChI is InChI=1S/C15H16O2/c1-2-3-4-8-14(16)12-10-11-17-15-9-6-5-7-13(12)15/h5-7,9,12H,4,8,10-11H2,1H3. The smallest absolute Gasteiger partial charge is 0.141 e. The van der Waals surface area contributed by atoms with Crippen LogP contribution in [-0.2, 0) is 4.79 Å². The van der Waals surface area contributed by atoms with Gasteiger partial charge in [-0.1, -0.05) is 18.2 Å². The number of carbonyl (C=O) groups is 1. The van der Waals surface area contributed by atoms with Gasteiger partial charge in [0.15, 0.2) is 0 Å². The molecule has 1 aromatic rings. The predicted octanol–water partition coefficient (Wildman–Crippen LogP) is 2.93. The number of Topliss-reactive ketones (excluding diaryl/α,β-unsaturated/α-hetero) is 1. The van der Waals surface area contributed by atoms with Crippen molar-refractivity contribution in [2.75, 3.05) is 6.61 Å². The number of benzene rings is 1. The van der Waals surface area contributed by atoms with Crippen LogP contribution in [0.2, 0.25) is 0 Å². The zero-order chi connectivity index (χ0) is 12.1. The molecule has 2 rings (SSSR count). The van der Waals surface area contributed by atoms with Crippen molar-refractivity contribution in [1.29, 1.82) is 0 Å². The summed E-state index contributed by atoms with van der Waals surface area (Å²) in [6, 6.07) is 7.82. The fourth-order valence-electron chi connectivity index (χ4n) is 2.16. The van der Waals surface area contributed by atoms with Crippen molar-refractivity contribution in [2.24, 2.45) is 0 Å². The van der Waals surface area contributed by atoms with Crippen LogP contribution in [0.1, 0.15) is 37.7 Å². The van der Waals surface area contributed by atoms with E-state index in [1.807, 2.05) is 24.3 Å². The summed E-state index contributed by atoms with van der Waals surface area (Å²) in [4.78, 5) is 12.1. The number of ether oxygens (including phenoxy) is 1. The quantitative estimate of drug-likeness (QED) is 0.743. The third-order valence-electron chi connectivity index (χ3n) is 3.02. The monoisotopic (exact) mass is 228 g/mol. The predicted molar refractivity (Wildman–Crippen MR) is 67.0 cm³/mol. The first-order valence-electron chi connectivity index (χ1n) is 5.97. The van der Waals surface area contributed by atoms with E-state index in [1.165, 1.54) is 0 Å². The topological polar surface area (TPSA) is 26.3 Å². The van der Waals surface area contributed by atoms with E-state index in [0.717, 1.165) is 17.7 Å². The van der Waals surface area contributed by atoms with Gasteiger partial charge in [0.2, 0.25) is 0 Å². The summed E-state index contributed by atoms with van der Waals surface area (Å²) in [5.74, 6) is 6.90. The van der Waals surface area contributed by atoms with E-state index in [2.05, 4.69) is 11.8 Å². The fourth-order valence-corrected chi connectivity index (χ4v) is 2.16. The summed E-state index contributed by atoms with van der Waals surface area (Å²) in [5, 5.41) is 0. The van der Waals surface area contributed by atoms with Crippen molar-refractivity contribution in [3.8, 4) is 17.6 Å². The van der Waals surface area contributed by atoms with E-state index in [0.29, 0.717) is 19.4 Å². The molecule has 0 saturated carbocycles. The maximum atomic E-state index is 12.1. The molecule has 1 aromatic carbocycles. The van der Waals surface area contributed by atoms with Crippen LogP contribution in [0, 0.1) is 11.8 Å². The first kappa shape index (κ1) is 11.7. The van der Waals surface area contributed by atoms with E-state index in [9.17, 15) is 4.79 Å². The van der Waals surface area contributed by atoms with Crippen molar-refractivity contribution in [1.82, 2.24) is 0 Å². The summed E-state index contributed by atoms with van der Waals surface area (Å²) >= 11 is 0. The first-order chi connectivity index (χ1) is 8.33. The maximum absolute atomic E-state index is 12.1. The van der Waals surface area contributed by atoms with Crippen LogP contribution in [0.25, 0.3) is 0 Å². The molecule has 0 bridgehead atoms. The summed E-state index contributed by atoms with van der Waals surface area (Å²) < 4.78 is 5.55. The van der Waals surface area contributed by atoms with Crippen LogP contribution in [0.3, 0.4) is 0 Å². The molecule has 1 aliphatic rings. The van der Waals surface area contributed by atoms with E-state index in [1.54, 1.807) is 6.92 Å². The molecule has 2 heteroatoms. The zero-order valence-electron chi connectivity index (χ0n) is 10.0. The average Bonchev–Trinajstić information content (AvgIpc) is 2.38. The Kier molecular flexibility index (Phi) is 3.82. The van der Waals surface area contributed by atoms with Crippen molar-refractivity contribution >= 4 is 5.78 Å².